The van der Waals surface area contributed by atoms with Gasteiger partial charge in [0.1, 0.15) is 0 Å². The zero-order valence-electron chi connectivity index (χ0n) is 14.8. The van der Waals surface area contributed by atoms with E-state index >= 15 is 0 Å². The first-order chi connectivity index (χ1) is 12.7. The maximum Gasteiger partial charge on any atom is 0.228 e. The standard InChI is InChI=1S/C20H21ClN4O.ClH/c21-16-8-4-7-15(11-16)20-23-19(26-24-20)9-10-25-12-17(18(22)13-25)14-5-2-1-3-6-14;/h1-8,11,17-18H,9-10,12-13,22H2;1H/t17-,18+;/m0./s1. The van der Waals surface area contributed by atoms with E-state index in [1.807, 2.05) is 30.3 Å². The average molecular weight is 405 g/mol. The fourth-order valence-corrected chi connectivity index (χ4v) is 3.69. The van der Waals surface area contributed by atoms with Gasteiger partial charge in [0.05, 0.1) is 0 Å². The Morgan fingerprint density at radius 1 is 1.11 bits per heavy atom. The summed E-state index contributed by atoms with van der Waals surface area (Å²) in [5.41, 5.74) is 8.53. The highest BCUT2D eigenvalue weighted by atomic mass is 35.5. The van der Waals surface area contributed by atoms with Crippen molar-refractivity contribution in [2.75, 3.05) is 19.6 Å². The van der Waals surface area contributed by atoms with Crippen molar-refractivity contribution < 1.29 is 4.52 Å². The lowest BCUT2D eigenvalue weighted by Crippen LogP contribution is -2.29. The van der Waals surface area contributed by atoms with Gasteiger partial charge in [0.15, 0.2) is 0 Å². The van der Waals surface area contributed by atoms with Gasteiger partial charge >= 0.3 is 0 Å². The third-order valence-corrected chi connectivity index (χ3v) is 5.10. The molecule has 2 aromatic carbocycles. The Labute approximate surface area is 169 Å². The molecule has 1 fully saturated rings. The Morgan fingerprint density at radius 2 is 1.93 bits per heavy atom. The normalized spacial score (nSPS) is 19.8. The zero-order valence-corrected chi connectivity index (χ0v) is 16.4. The molecular weight excluding hydrogens is 383 g/mol. The Morgan fingerprint density at radius 3 is 2.70 bits per heavy atom. The highest BCUT2D eigenvalue weighted by Crippen LogP contribution is 2.26. The highest BCUT2D eigenvalue weighted by Gasteiger charge is 2.31. The van der Waals surface area contributed by atoms with Gasteiger partial charge in [-0.25, -0.2) is 0 Å². The number of hydrogen-bond acceptors (Lipinski definition) is 5. The summed E-state index contributed by atoms with van der Waals surface area (Å²) in [6, 6.07) is 18.1. The molecule has 4 rings (SSSR count). The first kappa shape index (κ1) is 19.8. The second-order valence-corrected chi connectivity index (χ2v) is 7.15. The topological polar surface area (TPSA) is 68.2 Å². The highest BCUT2D eigenvalue weighted by molar-refractivity contribution is 6.30. The number of aromatic nitrogens is 2. The molecule has 142 valence electrons. The smallest absolute Gasteiger partial charge is 0.228 e. The van der Waals surface area contributed by atoms with Crippen LogP contribution in [0.1, 0.15) is 17.4 Å². The molecule has 1 saturated heterocycles. The molecule has 27 heavy (non-hydrogen) atoms. The molecule has 0 bridgehead atoms. The van der Waals surface area contributed by atoms with Crippen molar-refractivity contribution in [2.24, 2.45) is 5.73 Å². The fourth-order valence-electron chi connectivity index (χ4n) is 3.50. The van der Waals surface area contributed by atoms with Gasteiger partial charge in [-0.2, -0.15) is 4.98 Å². The van der Waals surface area contributed by atoms with Crippen LogP contribution in [0.25, 0.3) is 11.4 Å². The van der Waals surface area contributed by atoms with Crippen molar-refractivity contribution in [3.05, 3.63) is 71.1 Å². The van der Waals surface area contributed by atoms with Crippen molar-refractivity contribution in [2.45, 2.75) is 18.4 Å². The molecule has 1 aromatic heterocycles. The third-order valence-electron chi connectivity index (χ3n) is 4.86. The van der Waals surface area contributed by atoms with Gasteiger partial charge in [-0.05, 0) is 17.7 Å². The summed E-state index contributed by atoms with van der Waals surface area (Å²) >= 11 is 6.02. The minimum absolute atomic E-state index is 0. The van der Waals surface area contributed by atoms with Crippen LogP contribution in [0.2, 0.25) is 5.02 Å². The van der Waals surface area contributed by atoms with E-state index < -0.39 is 0 Å². The van der Waals surface area contributed by atoms with E-state index in [1.165, 1.54) is 5.56 Å². The molecule has 7 heteroatoms. The molecule has 0 amide bonds. The van der Waals surface area contributed by atoms with Crippen molar-refractivity contribution >= 4 is 24.0 Å². The molecule has 0 aliphatic carbocycles. The summed E-state index contributed by atoms with van der Waals surface area (Å²) in [7, 11) is 0. The van der Waals surface area contributed by atoms with Crippen molar-refractivity contribution in [3.8, 4) is 11.4 Å². The van der Waals surface area contributed by atoms with Crippen molar-refractivity contribution in [1.29, 1.82) is 0 Å². The minimum atomic E-state index is 0. The van der Waals surface area contributed by atoms with Crippen LogP contribution in [0.15, 0.2) is 59.1 Å². The van der Waals surface area contributed by atoms with Crippen LogP contribution in [0.3, 0.4) is 0 Å². The summed E-state index contributed by atoms with van der Waals surface area (Å²) < 4.78 is 5.39. The first-order valence-corrected chi connectivity index (χ1v) is 9.18. The molecule has 0 spiro atoms. The van der Waals surface area contributed by atoms with Crippen molar-refractivity contribution in [1.82, 2.24) is 15.0 Å². The predicted octanol–water partition coefficient (Wildman–Crippen LogP) is 3.78. The maximum absolute atomic E-state index is 6.36. The Balaban J connectivity index is 0.00000210. The van der Waals surface area contributed by atoms with Crippen LogP contribution in [0, 0.1) is 0 Å². The van der Waals surface area contributed by atoms with Gasteiger partial charge in [-0.3, -0.25) is 0 Å². The van der Waals surface area contributed by atoms with E-state index in [4.69, 9.17) is 21.9 Å². The van der Waals surface area contributed by atoms with Gasteiger partial charge < -0.3 is 15.2 Å². The summed E-state index contributed by atoms with van der Waals surface area (Å²) in [4.78, 5) is 6.85. The molecule has 1 aliphatic heterocycles. The summed E-state index contributed by atoms with van der Waals surface area (Å²) in [5.74, 6) is 1.58. The van der Waals surface area contributed by atoms with Crippen LogP contribution in [-0.4, -0.2) is 40.7 Å². The fraction of sp³-hybridized carbons (Fsp3) is 0.300. The summed E-state index contributed by atoms with van der Waals surface area (Å²) in [6.07, 6.45) is 0.710. The van der Waals surface area contributed by atoms with Gasteiger partial charge in [0.25, 0.3) is 0 Å². The van der Waals surface area contributed by atoms with E-state index in [1.54, 1.807) is 0 Å². The molecular formula is C20H22Cl2N4O. The van der Waals surface area contributed by atoms with Crippen LogP contribution in [-0.2, 0) is 6.42 Å². The number of likely N-dealkylation sites (tertiary alicyclic amines) is 1. The van der Waals surface area contributed by atoms with Gasteiger partial charge in [0.2, 0.25) is 11.7 Å². The quantitative estimate of drug-likeness (QED) is 0.700. The minimum Gasteiger partial charge on any atom is -0.339 e. The molecule has 1 aliphatic rings. The van der Waals surface area contributed by atoms with Crippen LogP contribution in [0.5, 0.6) is 0 Å². The molecule has 3 aromatic rings. The second-order valence-electron chi connectivity index (χ2n) is 6.71. The lowest BCUT2D eigenvalue weighted by Gasteiger charge is -2.15. The van der Waals surface area contributed by atoms with Crippen molar-refractivity contribution in [3.63, 3.8) is 0 Å². The lowest BCUT2D eigenvalue weighted by atomic mass is 9.95. The van der Waals surface area contributed by atoms with E-state index in [9.17, 15) is 0 Å². The monoisotopic (exact) mass is 404 g/mol. The van der Waals surface area contributed by atoms with Gasteiger partial charge in [0, 0.05) is 48.6 Å². The Bertz CT molecular complexity index is 871. The number of rotatable bonds is 5. The number of hydrogen-bond donors (Lipinski definition) is 1. The largest absolute Gasteiger partial charge is 0.339 e. The molecule has 0 saturated carbocycles. The Kier molecular flexibility index (Phi) is 6.50. The average Bonchev–Trinajstić information content (AvgIpc) is 3.27. The van der Waals surface area contributed by atoms with Crippen LogP contribution < -0.4 is 5.73 Å². The molecule has 2 N–H and O–H groups in total. The zero-order chi connectivity index (χ0) is 17.9. The Hall–Kier alpha value is -1.92. The lowest BCUT2D eigenvalue weighted by molar-refractivity contribution is 0.307. The maximum atomic E-state index is 6.36. The van der Waals surface area contributed by atoms with E-state index in [0.717, 1.165) is 25.2 Å². The SMILES string of the molecule is Cl.N[C@@H]1CN(CCc2nc(-c3cccc(Cl)c3)no2)C[C@H]1c1ccccc1. The predicted molar refractivity (Wildman–Crippen MR) is 109 cm³/mol. The number of halogens is 2. The number of nitrogens with zero attached hydrogens (tertiary/aromatic N) is 3. The third kappa shape index (κ3) is 4.68. The second kappa shape index (κ2) is 8.85. The molecule has 5 nitrogen and oxygen atoms in total. The van der Waals surface area contributed by atoms with Crippen LogP contribution in [0.4, 0.5) is 0 Å². The molecule has 2 heterocycles. The number of benzene rings is 2. The first-order valence-electron chi connectivity index (χ1n) is 8.80. The van der Waals surface area contributed by atoms with E-state index in [0.29, 0.717) is 29.1 Å². The molecule has 2 atom stereocenters. The van der Waals surface area contributed by atoms with E-state index in [2.05, 4.69) is 39.3 Å². The molecule has 0 radical (unpaired) electrons. The molecule has 0 unspecified atom stereocenters. The number of nitrogens with two attached hydrogens (primary N) is 1. The van der Waals surface area contributed by atoms with Gasteiger partial charge in [-0.15, -0.1) is 12.4 Å². The summed E-state index contributed by atoms with van der Waals surface area (Å²) in [6.45, 7) is 2.70. The van der Waals surface area contributed by atoms with E-state index in [-0.39, 0.29) is 18.4 Å². The van der Waals surface area contributed by atoms with Gasteiger partial charge in [-0.1, -0.05) is 59.2 Å². The van der Waals surface area contributed by atoms with Crippen LogP contribution >= 0.6 is 24.0 Å². The summed E-state index contributed by atoms with van der Waals surface area (Å²) in [5, 5.41) is 4.72.